The van der Waals surface area contributed by atoms with Crippen LogP contribution < -0.4 is 10.6 Å². The topological polar surface area (TPSA) is 61.4 Å². The van der Waals surface area contributed by atoms with Crippen LogP contribution in [0.2, 0.25) is 0 Å². The molecule has 1 aliphatic rings. The minimum Gasteiger partial charge on any atom is -0.340 e. The van der Waals surface area contributed by atoms with Gasteiger partial charge in [-0.3, -0.25) is 9.59 Å². The van der Waals surface area contributed by atoms with Crippen LogP contribution in [0.15, 0.2) is 30.3 Å². The molecule has 25 heavy (non-hydrogen) atoms. The second-order valence-corrected chi connectivity index (χ2v) is 7.96. The third-order valence-corrected chi connectivity index (χ3v) is 5.50. The number of benzene rings is 1. The van der Waals surface area contributed by atoms with Gasteiger partial charge in [0.25, 0.3) is 5.91 Å². The molecular weight excluding hydrogens is 334 g/mol. The predicted molar refractivity (Wildman–Crippen MR) is 102 cm³/mol. The Hall–Kier alpha value is -1.92. The number of nitrogens with one attached hydrogen (secondary N) is 2. The zero-order valence-electron chi connectivity index (χ0n) is 14.7. The van der Waals surface area contributed by atoms with Gasteiger partial charge in [0, 0.05) is 30.9 Å². The predicted octanol–water partition coefficient (Wildman–Crippen LogP) is 2.48. The zero-order chi connectivity index (χ0) is 17.8. The van der Waals surface area contributed by atoms with Gasteiger partial charge in [-0.2, -0.15) is 0 Å². The van der Waals surface area contributed by atoms with Crippen molar-refractivity contribution in [3.05, 3.63) is 35.2 Å². The molecule has 2 heterocycles. The number of carbonyl (C=O) groups is 2. The molecule has 134 valence electrons. The van der Waals surface area contributed by atoms with Gasteiger partial charge in [0.1, 0.15) is 6.04 Å². The Bertz CT molecular complexity index is 717. The van der Waals surface area contributed by atoms with Gasteiger partial charge in [-0.15, -0.1) is 11.3 Å². The van der Waals surface area contributed by atoms with E-state index < -0.39 is 6.04 Å². The van der Waals surface area contributed by atoms with Crippen molar-refractivity contribution < 1.29 is 9.59 Å². The molecule has 0 bridgehead atoms. The highest BCUT2D eigenvalue weighted by Crippen LogP contribution is 2.25. The molecule has 1 aromatic heterocycles. The number of fused-ring (bicyclic) bond motifs is 1. The van der Waals surface area contributed by atoms with Crippen molar-refractivity contribution in [3.63, 3.8) is 0 Å². The van der Waals surface area contributed by atoms with E-state index in [2.05, 4.69) is 24.5 Å². The van der Waals surface area contributed by atoms with Gasteiger partial charge in [0.05, 0.1) is 4.88 Å². The smallest absolute Gasteiger partial charge is 0.262 e. The Balaban J connectivity index is 1.74. The lowest BCUT2D eigenvalue weighted by Crippen LogP contribution is -2.54. The SMILES string of the molecule is CC(C)C[C@@H](NC(=O)c1cc2ccccc2s1)C(=O)N1CCNCC1. The molecular formula is C19H25N3O2S. The fourth-order valence-electron chi connectivity index (χ4n) is 3.12. The molecule has 2 N–H and O–H groups in total. The normalized spacial score (nSPS) is 16.2. The fourth-order valence-corrected chi connectivity index (χ4v) is 4.09. The molecule has 2 aromatic rings. The summed E-state index contributed by atoms with van der Waals surface area (Å²) >= 11 is 1.47. The van der Waals surface area contributed by atoms with Crippen molar-refractivity contribution in [1.82, 2.24) is 15.5 Å². The second-order valence-electron chi connectivity index (χ2n) is 6.88. The van der Waals surface area contributed by atoms with Crippen LogP contribution in [0.5, 0.6) is 0 Å². The number of nitrogens with zero attached hydrogens (tertiary/aromatic N) is 1. The Morgan fingerprint density at radius 2 is 1.96 bits per heavy atom. The molecule has 1 fully saturated rings. The van der Waals surface area contributed by atoms with E-state index in [1.165, 1.54) is 11.3 Å². The average Bonchev–Trinajstić information content (AvgIpc) is 3.05. The van der Waals surface area contributed by atoms with Crippen molar-refractivity contribution >= 4 is 33.2 Å². The number of thiophene rings is 1. The van der Waals surface area contributed by atoms with E-state index in [4.69, 9.17) is 0 Å². The summed E-state index contributed by atoms with van der Waals surface area (Å²) in [5, 5.41) is 7.30. The minimum atomic E-state index is -0.462. The Labute approximate surface area is 152 Å². The number of hydrogen-bond acceptors (Lipinski definition) is 4. The van der Waals surface area contributed by atoms with E-state index in [1.807, 2.05) is 35.2 Å². The Kier molecular flexibility index (Phi) is 5.71. The van der Waals surface area contributed by atoms with Crippen LogP contribution in [0.3, 0.4) is 0 Å². The highest BCUT2D eigenvalue weighted by Gasteiger charge is 2.28. The lowest BCUT2D eigenvalue weighted by atomic mass is 10.0. The Morgan fingerprint density at radius 3 is 2.64 bits per heavy atom. The van der Waals surface area contributed by atoms with Crippen molar-refractivity contribution in [1.29, 1.82) is 0 Å². The van der Waals surface area contributed by atoms with Crippen molar-refractivity contribution in [2.24, 2.45) is 5.92 Å². The third-order valence-electron chi connectivity index (χ3n) is 4.39. The van der Waals surface area contributed by atoms with E-state index >= 15 is 0 Å². The zero-order valence-corrected chi connectivity index (χ0v) is 15.6. The van der Waals surface area contributed by atoms with Crippen molar-refractivity contribution in [3.8, 4) is 0 Å². The largest absolute Gasteiger partial charge is 0.340 e. The molecule has 2 amide bonds. The minimum absolute atomic E-state index is 0.0321. The maximum absolute atomic E-state index is 12.9. The van der Waals surface area contributed by atoms with Gasteiger partial charge in [0.2, 0.25) is 5.91 Å². The van der Waals surface area contributed by atoms with Gasteiger partial charge >= 0.3 is 0 Å². The molecule has 0 radical (unpaired) electrons. The molecule has 1 aromatic carbocycles. The molecule has 1 saturated heterocycles. The van der Waals surface area contributed by atoms with Crippen LogP contribution >= 0.6 is 11.3 Å². The van der Waals surface area contributed by atoms with Crippen LogP contribution in [0.4, 0.5) is 0 Å². The first kappa shape index (κ1) is 17.9. The summed E-state index contributed by atoms with van der Waals surface area (Å²) in [6, 6.07) is 9.38. The summed E-state index contributed by atoms with van der Waals surface area (Å²) in [6.45, 7) is 7.17. The van der Waals surface area contributed by atoms with E-state index in [9.17, 15) is 9.59 Å². The van der Waals surface area contributed by atoms with Crippen LogP contribution in [0.25, 0.3) is 10.1 Å². The molecule has 6 heteroatoms. The quantitative estimate of drug-likeness (QED) is 0.862. The van der Waals surface area contributed by atoms with E-state index in [0.717, 1.165) is 23.2 Å². The second kappa shape index (κ2) is 7.97. The highest BCUT2D eigenvalue weighted by molar-refractivity contribution is 7.20. The molecule has 0 spiro atoms. The van der Waals surface area contributed by atoms with Gasteiger partial charge in [-0.25, -0.2) is 0 Å². The molecule has 0 aliphatic carbocycles. The van der Waals surface area contributed by atoms with Gasteiger partial charge in [0.15, 0.2) is 0 Å². The lowest BCUT2D eigenvalue weighted by molar-refractivity contribution is -0.134. The summed E-state index contributed by atoms with van der Waals surface area (Å²) < 4.78 is 1.08. The number of piperazine rings is 1. The molecule has 3 rings (SSSR count). The number of carbonyl (C=O) groups excluding carboxylic acids is 2. The van der Waals surface area contributed by atoms with Crippen LogP contribution in [0, 0.1) is 5.92 Å². The summed E-state index contributed by atoms with van der Waals surface area (Å²) in [5.74, 6) is 0.208. The summed E-state index contributed by atoms with van der Waals surface area (Å²) in [5.41, 5.74) is 0. The summed E-state index contributed by atoms with van der Waals surface area (Å²) in [4.78, 5) is 28.1. The van der Waals surface area contributed by atoms with Crippen molar-refractivity contribution in [2.45, 2.75) is 26.3 Å². The third kappa shape index (κ3) is 4.38. The lowest BCUT2D eigenvalue weighted by Gasteiger charge is -2.31. The monoisotopic (exact) mass is 359 g/mol. The first-order valence-corrected chi connectivity index (χ1v) is 9.65. The molecule has 0 saturated carbocycles. The number of amides is 2. The maximum Gasteiger partial charge on any atom is 0.262 e. The van der Waals surface area contributed by atoms with Crippen LogP contribution in [-0.2, 0) is 4.79 Å². The molecule has 0 unspecified atom stereocenters. The highest BCUT2D eigenvalue weighted by atomic mass is 32.1. The van der Waals surface area contributed by atoms with Crippen molar-refractivity contribution in [2.75, 3.05) is 26.2 Å². The summed E-state index contributed by atoms with van der Waals surface area (Å²) in [7, 11) is 0. The number of rotatable bonds is 5. The average molecular weight is 359 g/mol. The van der Waals surface area contributed by atoms with Gasteiger partial charge in [-0.1, -0.05) is 32.0 Å². The molecule has 1 aliphatic heterocycles. The number of hydrogen-bond donors (Lipinski definition) is 2. The maximum atomic E-state index is 12.9. The molecule has 5 nitrogen and oxygen atoms in total. The Morgan fingerprint density at radius 1 is 1.24 bits per heavy atom. The standard InChI is InChI=1S/C19H25N3O2S/c1-13(2)11-15(19(24)22-9-7-20-8-10-22)21-18(23)17-12-14-5-3-4-6-16(14)25-17/h3-6,12-13,15,20H,7-11H2,1-2H3,(H,21,23)/t15-/m1/s1. The fraction of sp³-hybridized carbons (Fsp3) is 0.474. The van der Waals surface area contributed by atoms with Crippen LogP contribution in [0.1, 0.15) is 29.9 Å². The van der Waals surface area contributed by atoms with E-state index in [0.29, 0.717) is 30.3 Å². The molecule has 1 atom stereocenters. The first-order valence-electron chi connectivity index (χ1n) is 8.83. The summed E-state index contributed by atoms with van der Waals surface area (Å²) in [6.07, 6.45) is 0.652. The van der Waals surface area contributed by atoms with Gasteiger partial charge in [-0.05, 0) is 29.9 Å². The van der Waals surface area contributed by atoms with E-state index in [-0.39, 0.29) is 11.8 Å². The van der Waals surface area contributed by atoms with Gasteiger partial charge < -0.3 is 15.5 Å². The van der Waals surface area contributed by atoms with E-state index in [1.54, 1.807) is 0 Å². The van der Waals surface area contributed by atoms with Crippen LogP contribution in [-0.4, -0.2) is 48.9 Å². The first-order chi connectivity index (χ1) is 12.0.